The third-order valence-electron chi connectivity index (χ3n) is 6.39. The Morgan fingerprint density at radius 3 is 2.74 bits per heavy atom. The van der Waals surface area contributed by atoms with Crippen molar-refractivity contribution in [2.75, 3.05) is 24.5 Å². The normalized spacial score (nSPS) is 14.6. The standard InChI is InChI=1S/C29H29N5O/c35-28(9-2-1-7-23-15-17-30-22-23)25-12-14-27(34-20-6-16-31-34)24(21-25)11-13-26-8-5-10-29(32-26)33-18-3-4-19-33/h5-6,8,10,12,14-16,20-22H,1-4,7,9,17-19H2. The summed E-state index contributed by atoms with van der Waals surface area (Å²) in [6, 6.07) is 13.6. The van der Waals surface area contributed by atoms with Crippen LogP contribution in [0.4, 0.5) is 5.82 Å². The van der Waals surface area contributed by atoms with E-state index in [4.69, 9.17) is 4.98 Å². The Balaban J connectivity index is 1.34. The fourth-order valence-corrected chi connectivity index (χ4v) is 4.49. The maximum atomic E-state index is 12.9. The average molecular weight is 464 g/mol. The Morgan fingerprint density at radius 1 is 1.03 bits per heavy atom. The van der Waals surface area contributed by atoms with Gasteiger partial charge in [0.2, 0.25) is 0 Å². The van der Waals surface area contributed by atoms with Gasteiger partial charge in [-0.2, -0.15) is 5.10 Å². The lowest BCUT2D eigenvalue weighted by atomic mass is 10.0. The number of aliphatic imine (C=N–C) groups is 1. The first-order valence-electron chi connectivity index (χ1n) is 12.4. The van der Waals surface area contributed by atoms with Gasteiger partial charge in [-0.1, -0.05) is 18.1 Å². The van der Waals surface area contributed by atoms with Crippen LogP contribution in [-0.4, -0.2) is 46.4 Å². The minimum atomic E-state index is 0.142. The van der Waals surface area contributed by atoms with Crippen LogP contribution in [0.3, 0.4) is 0 Å². The molecule has 0 N–H and O–H groups in total. The van der Waals surface area contributed by atoms with E-state index in [2.05, 4.69) is 32.9 Å². The van der Waals surface area contributed by atoms with Crippen molar-refractivity contribution in [3.8, 4) is 17.5 Å². The second-order valence-corrected chi connectivity index (χ2v) is 8.91. The lowest BCUT2D eigenvalue weighted by Crippen LogP contribution is -2.18. The number of rotatable bonds is 8. The largest absolute Gasteiger partial charge is 0.357 e. The molecular formula is C29H29N5O. The van der Waals surface area contributed by atoms with E-state index in [1.54, 1.807) is 10.9 Å². The van der Waals surface area contributed by atoms with Crippen LogP contribution in [0, 0.1) is 11.8 Å². The number of hydrogen-bond donors (Lipinski definition) is 0. The van der Waals surface area contributed by atoms with Crippen molar-refractivity contribution in [3.63, 3.8) is 0 Å². The highest BCUT2D eigenvalue weighted by molar-refractivity contribution is 5.96. The number of carbonyl (C=O) groups excluding carboxylic acids is 1. The summed E-state index contributed by atoms with van der Waals surface area (Å²) in [5, 5.41) is 4.37. The van der Waals surface area contributed by atoms with Crippen LogP contribution in [0.1, 0.15) is 60.1 Å². The van der Waals surface area contributed by atoms with Gasteiger partial charge >= 0.3 is 0 Å². The molecule has 176 valence electrons. The minimum Gasteiger partial charge on any atom is -0.357 e. The fraction of sp³-hybridized carbons (Fsp3) is 0.310. The molecular weight excluding hydrogens is 434 g/mol. The summed E-state index contributed by atoms with van der Waals surface area (Å²) in [6.07, 6.45) is 13.5. The van der Waals surface area contributed by atoms with Gasteiger partial charge in [0.25, 0.3) is 0 Å². The van der Waals surface area contributed by atoms with Gasteiger partial charge < -0.3 is 4.90 Å². The number of benzene rings is 1. The van der Waals surface area contributed by atoms with Gasteiger partial charge in [0.15, 0.2) is 5.78 Å². The first kappa shape index (κ1) is 22.8. The molecule has 3 aromatic rings. The van der Waals surface area contributed by atoms with E-state index in [0.29, 0.717) is 12.0 Å². The number of allylic oxidation sites excluding steroid dienone is 1. The molecule has 0 amide bonds. The van der Waals surface area contributed by atoms with Crippen molar-refractivity contribution in [2.24, 2.45) is 4.99 Å². The maximum absolute atomic E-state index is 12.9. The number of nitrogens with zero attached hydrogens (tertiary/aromatic N) is 5. The van der Waals surface area contributed by atoms with Gasteiger partial charge in [-0.15, -0.1) is 0 Å². The smallest absolute Gasteiger partial charge is 0.162 e. The molecule has 2 aromatic heterocycles. The number of aromatic nitrogens is 3. The number of Topliss-reactive ketones (excluding diaryl/α,β-unsaturated/α-hetero) is 1. The molecule has 0 bridgehead atoms. The summed E-state index contributed by atoms with van der Waals surface area (Å²) in [5.41, 5.74) is 4.30. The molecule has 2 aliphatic rings. The van der Waals surface area contributed by atoms with Crippen molar-refractivity contribution in [1.29, 1.82) is 0 Å². The zero-order valence-corrected chi connectivity index (χ0v) is 19.9. The Morgan fingerprint density at radius 2 is 1.94 bits per heavy atom. The Hall–Kier alpha value is -3.98. The predicted octanol–water partition coefficient (Wildman–Crippen LogP) is 5.02. The molecule has 0 saturated carbocycles. The van der Waals surface area contributed by atoms with Crippen molar-refractivity contribution >= 4 is 17.8 Å². The molecule has 1 aromatic carbocycles. The summed E-state index contributed by atoms with van der Waals surface area (Å²) in [4.78, 5) is 24.2. The highest BCUT2D eigenvalue weighted by Gasteiger charge is 2.14. The number of hydrogen-bond acceptors (Lipinski definition) is 5. The minimum absolute atomic E-state index is 0.142. The first-order valence-corrected chi connectivity index (χ1v) is 12.4. The predicted molar refractivity (Wildman–Crippen MR) is 139 cm³/mol. The monoisotopic (exact) mass is 463 g/mol. The van der Waals surface area contributed by atoms with E-state index >= 15 is 0 Å². The van der Waals surface area contributed by atoms with Crippen LogP contribution >= 0.6 is 0 Å². The molecule has 6 heteroatoms. The summed E-state index contributed by atoms with van der Waals surface area (Å²) in [5.74, 6) is 7.61. The van der Waals surface area contributed by atoms with Gasteiger partial charge in [0.1, 0.15) is 11.5 Å². The maximum Gasteiger partial charge on any atom is 0.162 e. The number of pyridine rings is 1. The van der Waals surface area contributed by atoms with Crippen molar-refractivity contribution in [1.82, 2.24) is 14.8 Å². The van der Waals surface area contributed by atoms with Crippen molar-refractivity contribution < 1.29 is 4.79 Å². The lowest BCUT2D eigenvalue weighted by molar-refractivity contribution is 0.0979. The Labute approximate surface area is 206 Å². The Bertz CT molecular complexity index is 1300. The zero-order valence-electron chi connectivity index (χ0n) is 19.9. The summed E-state index contributed by atoms with van der Waals surface area (Å²) < 4.78 is 1.78. The molecule has 6 nitrogen and oxygen atoms in total. The van der Waals surface area contributed by atoms with E-state index in [-0.39, 0.29) is 5.78 Å². The van der Waals surface area contributed by atoms with E-state index in [1.807, 2.05) is 54.9 Å². The van der Waals surface area contributed by atoms with Crippen LogP contribution in [0.25, 0.3) is 5.69 Å². The molecule has 1 fully saturated rings. The molecule has 1 saturated heterocycles. The van der Waals surface area contributed by atoms with Crippen LogP contribution < -0.4 is 4.90 Å². The first-order chi connectivity index (χ1) is 17.3. The van der Waals surface area contributed by atoms with Crippen molar-refractivity contribution in [3.05, 3.63) is 83.3 Å². The molecule has 0 radical (unpaired) electrons. The molecule has 5 rings (SSSR count). The quantitative estimate of drug-likeness (QED) is 0.267. The lowest BCUT2D eigenvalue weighted by Gasteiger charge is -2.15. The van der Waals surface area contributed by atoms with Gasteiger partial charge in [-0.3, -0.25) is 9.79 Å². The third kappa shape index (κ3) is 5.75. The van der Waals surface area contributed by atoms with Crippen LogP contribution in [0.2, 0.25) is 0 Å². The fourth-order valence-electron chi connectivity index (χ4n) is 4.49. The average Bonchev–Trinajstić information content (AvgIpc) is 3.69. The molecule has 0 atom stereocenters. The van der Waals surface area contributed by atoms with Gasteiger partial charge in [0.05, 0.1) is 17.8 Å². The number of anilines is 1. The second-order valence-electron chi connectivity index (χ2n) is 8.91. The molecule has 4 heterocycles. The van der Waals surface area contributed by atoms with E-state index in [0.717, 1.165) is 61.7 Å². The van der Waals surface area contributed by atoms with Crippen LogP contribution in [-0.2, 0) is 0 Å². The highest BCUT2D eigenvalue weighted by atomic mass is 16.1. The zero-order chi connectivity index (χ0) is 23.9. The van der Waals surface area contributed by atoms with Crippen molar-refractivity contribution in [2.45, 2.75) is 38.5 Å². The highest BCUT2D eigenvalue weighted by Crippen LogP contribution is 2.20. The second kappa shape index (κ2) is 11.0. The molecule has 0 unspecified atom stereocenters. The number of unbranched alkanes of at least 4 members (excludes halogenated alkanes) is 1. The van der Waals surface area contributed by atoms with E-state index in [9.17, 15) is 4.79 Å². The van der Waals surface area contributed by atoms with Crippen LogP contribution in [0.5, 0.6) is 0 Å². The molecule has 35 heavy (non-hydrogen) atoms. The summed E-state index contributed by atoms with van der Waals surface area (Å²) in [6.45, 7) is 2.88. The summed E-state index contributed by atoms with van der Waals surface area (Å²) in [7, 11) is 0. The topological polar surface area (TPSA) is 63.4 Å². The molecule has 0 aliphatic carbocycles. The molecule has 0 spiro atoms. The Kier molecular flexibility index (Phi) is 7.14. The SMILES string of the molecule is O=C(CCCCC1=CCN=C1)c1ccc(-n2cccn2)c(C#Cc2cccc(N3CCCC3)n2)c1. The molecule has 2 aliphatic heterocycles. The number of ketones is 1. The summed E-state index contributed by atoms with van der Waals surface area (Å²) >= 11 is 0. The van der Waals surface area contributed by atoms with Gasteiger partial charge in [-0.05, 0) is 80.0 Å². The number of carbonyl (C=O) groups is 1. The van der Waals surface area contributed by atoms with E-state index < -0.39 is 0 Å². The van der Waals surface area contributed by atoms with Gasteiger partial charge in [0, 0.05) is 43.7 Å². The third-order valence-corrected chi connectivity index (χ3v) is 6.39. The van der Waals surface area contributed by atoms with E-state index in [1.165, 1.54) is 18.4 Å². The van der Waals surface area contributed by atoms with Crippen LogP contribution in [0.15, 0.2) is 71.5 Å². The van der Waals surface area contributed by atoms with Gasteiger partial charge in [-0.25, -0.2) is 9.67 Å².